The van der Waals surface area contributed by atoms with Crippen LogP contribution in [0.15, 0.2) is 18.2 Å². The Hall–Kier alpha value is -2.51. The number of nitrogens with one attached hydrogen (secondary N) is 1. The lowest BCUT2D eigenvalue weighted by molar-refractivity contribution is 0.102. The van der Waals surface area contributed by atoms with E-state index in [1.165, 1.54) is 16.8 Å². The van der Waals surface area contributed by atoms with Crippen molar-refractivity contribution >= 4 is 17.5 Å². The second-order valence-corrected chi connectivity index (χ2v) is 3.32. The highest BCUT2D eigenvalue weighted by atomic mass is 19.1. The Kier molecular flexibility index (Phi) is 2.69. The van der Waals surface area contributed by atoms with Crippen molar-refractivity contribution in [3.8, 4) is 0 Å². The van der Waals surface area contributed by atoms with Crippen molar-refractivity contribution in [3.05, 3.63) is 29.6 Å². The molecule has 0 aliphatic carbocycles. The maximum atomic E-state index is 13.4. The maximum absolute atomic E-state index is 13.4. The highest BCUT2D eigenvalue weighted by Gasteiger charge is 2.14. The Balaban J connectivity index is 2.26. The molecule has 0 saturated carbocycles. The molecule has 2 rings (SSSR count). The molecule has 0 saturated heterocycles. The number of hydrogen-bond acceptors (Lipinski definition) is 5. The smallest absolute Gasteiger partial charge is 0.261 e. The van der Waals surface area contributed by atoms with E-state index in [0.717, 1.165) is 6.07 Å². The number of carbonyl (C=O) groups is 1. The highest BCUT2D eigenvalue weighted by molar-refractivity contribution is 6.04. The lowest BCUT2D eigenvalue weighted by Crippen LogP contribution is -2.17. The second-order valence-electron chi connectivity index (χ2n) is 3.32. The van der Waals surface area contributed by atoms with E-state index in [2.05, 4.69) is 20.8 Å². The second kappa shape index (κ2) is 4.16. The topological polar surface area (TPSA) is 98.7 Å². The van der Waals surface area contributed by atoms with Crippen LogP contribution >= 0.6 is 0 Å². The average molecular weight is 236 g/mol. The van der Waals surface area contributed by atoms with Gasteiger partial charge in [0.05, 0.1) is 5.56 Å². The molecule has 0 radical (unpaired) electrons. The maximum Gasteiger partial charge on any atom is 0.261 e. The van der Waals surface area contributed by atoms with E-state index < -0.39 is 11.7 Å². The zero-order valence-electron chi connectivity index (χ0n) is 8.88. The lowest BCUT2D eigenvalue weighted by atomic mass is 10.2. The summed E-state index contributed by atoms with van der Waals surface area (Å²) in [5.74, 6) is -1.20. The van der Waals surface area contributed by atoms with Gasteiger partial charge in [-0.15, -0.1) is 0 Å². The van der Waals surface area contributed by atoms with Crippen LogP contribution < -0.4 is 11.1 Å². The van der Waals surface area contributed by atoms with Gasteiger partial charge in [0, 0.05) is 12.7 Å². The molecule has 1 heterocycles. The molecule has 8 heteroatoms. The SMILES string of the molecule is Cn1nnnc1NC(=O)c1cc(N)ccc1F. The minimum Gasteiger partial charge on any atom is -0.399 e. The number of nitrogen functional groups attached to an aromatic ring is 1. The number of benzene rings is 1. The van der Waals surface area contributed by atoms with E-state index in [0.29, 0.717) is 5.69 Å². The molecule has 0 fully saturated rings. The van der Waals surface area contributed by atoms with E-state index in [-0.39, 0.29) is 11.5 Å². The number of hydrogen-bond donors (Lipinski definition) is 2. The summed E-state index contributed by atoms with van der Waals surface area (Å²) in [7, 11) is 1.55. The van der Waals surface area contributed by atoms with Gasteiger partial charge in [0.25, 0.3) is 5.91 Å². The normalized spacial score (nSPS) is 10.2. The summed E-state index contributed by atoms with van der Waals surface area (Å²) in [5.41, 5.74) is 5.62. The Bertz CT molecular complexity index is 566. The zero-order chi connectivity index (χ0) is 12.4. The molecule has 7 nitrogen and oxygen atoms in total. The lowest BCUT2D eigenvalue weighted by Gasteiger charge is -2.04. The number of aryl methyl sites for hydroxylation is 1. The Morgan fingerprint density at radius 3 is 2.94 bits per heavy atom. The summed E-state index contributed by atoms with van der Waals surface area (Å²) in [5, 5.41) is 12.8. The number of amides is 1. The molecular weight excluding hydrogens is 227 g/mol. The van der Waals surface area contributed by atoms with Crippen molar-refractivity contribution in [1.82, 2.24) is 20.2 Å². The van der Waals surface area contributed by atoms with Gasteiger partial charge in [0.1, 0.15) is 5.82 Å². The third-order valence-corrected chi connectivity index (χ3v) is 2.08. The molecule has 3 N–H and O–H groups in total. The van der Waals surface area contributed by atoms with Crippen LogP contribution in [0.4, 0.5) is 16.0 Å². The van der Waals surface area contributed by atoms with E-state index in [4.69, 9.17) is 5.73 Å². The van der Waals surface area contributed by atoms with Gasteiger partial charge in [0.2, 0.25) is 5.95 Å². The Labute approximate surface area is 95.4 Å². The van der Waals surface area contributed by atoms with E-state index in [1.54, 1.807) is 7.05 Å². The zero-order valence-corrected chi connectivity index (χ0v) is 8.88. The number of rotatable bonds is 2. The van der Waals surface area contributed by atoms with Crippen LogP contribution in [0, 0.1) is 5.82 Å². The van der Waals surface area contributed by atoms with E-state index >= 15 is 0 Å². The van der Waals surface area contributed by atoms with Crippen LogP contribution in [0.5, 0.6) is 0 Å². The Morgan fingerprint density at radius 1 is 1.53 bits per heavy atom. The predicted octanol–water partition coefficient (Wildman–Crippen LogP) is 0.184. The molecule has 0 atom stereocenters. The molecule has 0 unspecified atom stereocenters. The molecule has 0 bridgehead atoms. The van der Waals surface area contributed by atoms with Gasteiger partial charge in [-0.05, 0) is 28.6 Å². The van der Waals surface area contributed by atoms with Gasteiger partial charge in [-0.2, -0.15) is 0 Å². The number of nitrogens with two attached hydrogens (primary N) is 1. The summed E-state index contributed by atoms with van der Waals surface area (Å²) in [6.07, 6.45) is 0. The van der Waals surface area contributed by atoms with Crippen molar-refractivity contribution in [1.29, 1.82) is 0 Å². The van der Waals surface area contributed by atoms with Gasteiger partial charge in [-0.1, -0.05) is 5.10 Å². The number of tetrazole rings is 1. The largest absolute Gasteiger partial charge is 0.399 e. The fourth-order valence-corrected chi connectivity index (χ4v) is 1.22. The van der Waals surface area contributed by atoms with Crippen molar-refractivity contribution < 1.29 is 9.18 Å². The monoisotopic (exact) mass is 236 g/mol. The molecule has 2 aromatic rings. The molecule has 1 amide bonds. The first-order valence-electron chi connectivity index (χ1n) is 4.66. The van der Waals surface area contributed by atoms with Crippen molar-refractivity contribution in [2.24, 2.45) is 7.05 Å². The van der Waals surface area contributed by atoms with Gasteiger partial charge >= 0.3 is 0 Å². The standard InChI is InChI=1S/C9H9FN6O/c1-16-9(13-14-15-16)12-8(17)6-4-5(11)2-3-7(6)10/h2-4H,11H2,1H3,(H,12,13,15,17). The molecule has 1 aromatic heterocycles. The molecule has 1 aromatic carbocycles. The van der Waals surface area contributed by atoms with Crippen LogP contribution in [-0.4, -0.2) is 26.1 Å². The molecule has 0 spiro atoms. The summed E-state index contributed by atoms with van der Waals surface area (Å²) in [6.45, 7) is 0. The highest BCUT2D eigenvalue weighted by Crippen LogP contribution is 2.13. The van der Waals surface area contributed by atoms with E-state index in [1.807, 2.05) is 0 Å². The summed E-state index contributed by atoms with van der Waals surface area (Å²) in [4.78, 5) is 11.7. The predicted molar refractivity (Wildman–Crippen MR) is 57.6 cm³/mol. The minimum atomic E-state index is -0.660. The first-order chi connectivity index (χ1) is 8.08. The van der Waals surface area contributed by atoms with Gasteiger partial charge in [-0.3, -0.25) is 10.1 Å². The molecule has 17 heavy (non-hydrogen) atoms. The average Bonchev–Trinajstić information content (AvgIpc) is 2.68. The summed E-state index contributed by atoms with van der Waals surface area (Å²) >= 11 is 0. The fraction of sp³-hybridized carbons (Fsp3) is 0.111. The van der Waals surface area contributed by atoms with Crippen LogP contribution in [-0.2, 0) is 7.05 Å². The molecule has 88 valence electrons. The third-order valence-electron chi connectivity index (χ3n) is 2.08. The number of aromatic nitrogens is 4. The summed E-state index contributed by atoms with van der Waals surface area (Å²) in [6, 6.07) is 3.74. The number of carbonyl (C=O) groups excluding carboxylic acids is 1. The molecule has 0 aliphatic heterocycles. The number of nitrogens with zero attached hydrogens (tertiary/aromatic N) is 4. The van der Waals surface area contributed by atoms with Gasteiger partial charge in [-0.25, -0.2) is 9.07 Å². The first-order valence-corrected chi connectivity index (χ1v) is 4.66. The van der Waals surface area contributed by atoms with Crippen LogP contribution in [0.3, 0.4) is 0 Å². The third kappa shape index (κ3) is 2.19. The number of halogens is 1. The fourth-order valence-electron chi connectivity index (χ4n) is 1.22. The van der Waals surface area contributed by atoms with Crippen molar-refractivity contribution in [3.63, 3.8) is 0 Å². The van der Waals surface area contributed by atoms with Gasteiger partial charge in [0.15, 0.2) is 0 Å². The minimum absolute atomic E-state index is 0.122. The Morgan fingerprint density at radius 2 is 2.29 bits per heavy atom. The molecule has 0 aliphatic rings. The van der Waals surface area contributed by atoms with Crippen molar-refractivity contribution in [2.45, 2.75) is 0 Å². The van der Waals surface area contributed by atoms with Crippen molar-refractivity contribution in [2.75, 3.05) is 11.1 Å². The number of anilines is 2. The quantitative estimate of drug-likeness (QED) is 0.725. The summed E-state index contributed by atoms with van der Waals surface area (Å²) < 4.78 is 14.6. The first kappa shape index (κ1) is 11.0. The molecular formula is C9H9FN6O. The van der Waals surface area contributed by atoms with E-state index in [9.17, 15) is 9.18 Å². The van der Waals surface area contributed by atoms with Crippen LogP contribution in [0.1, 0.15) is 10.4 Å². The van der Waals surface area contributed by atoms with Crippen LogP contribution in [0.25, 0.3) is 0 Å². The van der Waals surface area contributed by atoms with Gasteiger partial charge < -0.3 is 5.73 Å². The van der Waals surface area contributed by atoms with Crippen LogP contribution in [0.2, 0.25) is 0 Å².